The minimum absolute atomic E-state index is 0. The van der Waals surface area contributed by atoms with E-state index in [0.717, 1.165) is 13.0 Å². The monoisotopic (exact) mass is 353 g/mol. The van der Waals surface area contributed by atoms with E-state index >= 15 is 0 Å². The molecule has 0 amide bonds. The summed E-state index contributed by atoms with van der Waals surface area (Å²) in [7, 11) is 0. The Bertz CT molecular complexity index is 296. The summed E-state index contributed by atoms with van der Waals surface area (Å²) >= 11 is 1.70. The van der Waals surface area contributed by atoms with Crippen molar-refractivity contribution in [1.29, 1.82) is 0 Å². The summed E-state index contributed by atoms with van der Waals surface area (Å²) < 4.78 is 0. The van der Waals surface area contributed by atoms with E-state index in [9.17, 15) is 0 Å². The molecule has 3 N–H and O–H groups in total. The summed E-state index contributed by atoms with van der Waals surface area (Å²) in [5.41, 5.74) is 5.72. The van der Waals surface area contributed by atoms with E-state index in [2.05, 4.69) is 30.2 Å². The number of thiophene rings is 1. The highest BCUT2D eigenvalue weighted by atomic mass is 127. The molecule has 0 fully saturated rings. The first-order valence-corrected chi connectivity index (χ1v) is 6.12. The zero-order valence-electron chi connectivity index (χ0n) is 9.77. The van der Waals surface area contributed by atoms with Crippen LogP contribution in [0.3, 0.4) is 0 Å². The number of rotatable bonds is 5. The summed E-state index contributed by atoms with van der Waals surface area (Å²) in [6, 6.07) is 4.09. The average molecular weight is 353 g/mol. The molecule has 0 aromatic carbocycles. The lowest BCUT2D eigenvalue weighted by molar-refractivity contribution is 0.576. The Balaban J connectivity index is 0.00000225. The van der Waals surface area contributed by atoms with E-state index in [4.69, 9.17) is 5.73 Å². The molecule has 1 rings (SSSR count). The molecule has 0 spiro atoms. The number of nitrogens with one attached hydrogen (secondary N) is 1. The van der Waals surface area contributed by atoms with E-state index in [0.29, 0.717) is 18.4 Å². The fourth-order valence-electron chi connectivity index (χ4n) is 1.11. The Morgan fingerprint density at radius 1 is 1.56 bits per heavy atom. The lowest BCUT2D eigenvalue weighted by Gasteiger charge is -2.06. The van der Waals surface area contributed by atoms with E-state index < -0.39 is 0 Å². The van der Waals surface area contributed by atoms with Crippen LogP contribution in [0.4, 0.5) is 0 Å². The number of hydrogen-bond donors (Lipinski definition) is 2. The fourth-order valence-corrected chi connectivity index (χ4v) is 1.74. The Labute approximate surface area is 119 Å². The molecule has 1 aromatic heterocycles. The molecule has 0 aliphatic heterocycles. The van der Waals surface area contributed by atoms with Crippen molar-refractivity contribution < 1.29 is 0 Å². The molecule has 0 atom stereocenters. The highest BCUT2D eigenvalue weighted by Gasteiger charge is 1.95. The maximum absolute atomic E-state index is 5.72. The molecule has 0 aliphatic rings. The summed E-state index contributed by atoms with van der Waals surface area (Å²) in [5.74, 6) is 1.24. The molecule has 5 heteroatoms. The second-order valence-corrected chi connectivity index (χ2v) is 4.92. The second-order valence-electron chi connectivity index (χ2n) is 3.89. The molecular weight excluding hydrogens is 333 g/mol. The predicted octanol–water partition coefficient (Wildman–Crippen LogP) is 2.82. The third-order valence-corrected chi connectivity index (χ3v) is 2.87. The smallest absolute Gasteiger partial charge is 0.188 e. The topological polar surface area (TPSA) is 50.4 Å². The van der Waals surface area contributed by atoms with Crippen LogP contribution in [0.5, 0.6) is 0 Å². The van der Waals surface area contributed by atoms with Gasteiger partial charge in [-0.05, 0) is 23.8 Å². The van der Waals surface area contributed by atoms with Crippen LogP contribution in [-0.4, -0.2) is 12.5 Å². The molecule has 0 unspecified atom stereocenters. The SMILES string of the molecule is CC(C)CCNC(N)=NCc1cccs1.I. The van der Waals surface area contributed by atoms with Gasteiger partial charge in [0.2, 0.25) is 0 Å². The largest absolute Gasteiger partial charge is 0.370 e. The number of nitrogens with zero attached hydrogens (tertiary/aromatic N) is 1. The number of guanidine groups is 1. The van der Waals surface area contributed by atoms with E-state index in [1.54, 1.807) is 11.3 Å². The van der Waals surface area contributed by atoms with Gasteiger partial charge in [-0.25, -0.2) is 4.99 Å². The zero-order chi connectivity index (χ0) is 11.1. The van der Waals surface area contributed by atoms with Gasteiger partial charge in [0.15, 0.2) is 5.96 Å². The molecule has 0 saturated carbocycles. The van der Waals surface area contributed by atoms with Gasteiger partial charge in [-0.1, -0.05) is 19.9 Å². The van der Waals surface area contributed by atoms with Gasteiger partial charge in [-0.15, -0.1) is 35.3 Å². The van der Waals surface area contributed by atoms with Crippen LogP contribution in [0.25, 0.3) is 0 Å². The summed E-state index contributed by atoms with van der Waals surface area (Å²) in [5, 5.41) is 5.16. The molecule has 0 aliphatic carbocycles. The van der Waals surface area contributed by atoms with Crippen LogP contribution in [0.15, 0.2) is 22.5 Å². The first-order valence-electron chi connectivity index (χ1n) is 5.24. The Hall–Kier alpha value is -0.300. The number of nitrogens with two attached hydrogens (primary N) is 1. The average Bonchev–Trinajstić information content (AvgIpc) is 2.66. The maximum atomic E-state index is 5.72. The van der Waals surface area contributed by atoms with E-state index in [1.807, 2.05) is 11.4 Å². The Morgan fingerprint density at radius 2 is 2.31 bits per heavy atom. The molecule has 0 radical (unpaired) electrons. The summed E-state index contributed by atoms with van der Waals surface area (Å²) in [4.78, 5) is 5.50. The third-order valence-electron chi connectivity index (χ3n) is 2.01. The summed E-state index contributed by atoms with van der Waals surface area (Å²) in [6.45, 7) is 5.97. The van der Waals surface area contributed by atoms with Crippen molar-refractivity contribution in [1.82, 2.24) is 5.32 Å². The zero-order valence-corrected chi connectivity index (χ0v) is 12.9. The highest BCUT2D eigenvalue weighted by Crippen LogP contribution is 2.08. The Morgan fingerprint density at radius 3 is 2.88 bits per heavy atom. The van der Waals surface area contributed by atoms with Gasteiger partial charge in [0, 0.05) is 11.4 Å². The number of hydrogen-bond acceptors (Lipinski definition) is 2. The molecular formula is C11H20IN3S. The minimum Gasteiger partial charge on any atom is -0.370 e. The Kier molecular flexibility index (Phi) is 8.64. The van der Waals surface area contributed by atoms with Crippen molar-refractivity contribution >= 4 is 41.3 Å². The summed E-state index contributed by atoms with van der Waals surface area (Å²) in [6.07, 6.45) is 1.12. The van der Waals surface area contributed by atoms with Crippen molar-refractivity contribution in [3.63, 3.8) is 0 Å². The van der Waals surface area contributed by atoms with Crippen LogP contribution in [0.1, 0.15) is 25.1 Å². The lowest BCUT2D eigenvalue weighted by atomic mass is 10.1. The maximum Gasteiger partial charge on any atom is 0.188 e. The molecule has 3 nitrogen and oxygen atoms in total. The molecule has 1 heterocycles. The number of aliphatic imine (C=N–C) groups is 1. The first kappa shape index (κ1) is 15.7. The van der Waals surface area contributed by atoms with Crippen molar-refractivity contribution in [3.05, 3.63) is 22.4 Å². The van der Waals surface area contributed by atoms with Gasteiger partial charge >= 0.3 is 0 Å². The second kappa shape index (κ2) is 8.81. The lowest BCUT2D eigenvalue weighted by Crippen LogP contribution is -2.32. The first-order chi connectivity index (χ1) is 7.18. The molecule has 0 bridgehead atoms. The van der Waals surface area contributed by atoms with Crippen LogP contribution in [0.2, 0.25) is 0 Å². The van der Waals surface area contributed by atoms with Crippen LogP contribution in [0, 0.1) is 5.92 Å². The third kappa shape index (κ3) is 7.05. The van der Waals surface area contributed by atoms with Gasteiger partial charge in [0.05, 0.1) is 6.54 Å². The van der Waals surface area contributed by atoms with Gasteiger partial charge in [-0.2, -0.15) is 0 Å². The van der Waals surface area contributed by atoms with Gasteiger partial charge in [0.1, 0.15) is 0 Å². The molecule has 16 heavy (non-hydrogen) atoms. The van der Waals surface area contributed by atoms with Gasteiger partial charge in [-0.3, -0.25) is 0 Å². The number of halogens is 1. The van der Waals surface area contributed by atoms with Crippen molar-refractivity contribution in [2.45, 2.75) is 26.8 Å². The quantitative estimate of drug-likeness (QED) is 0.486. The van der Waals surface area contributed by atoms with Crippen LogP contribution >= 0.6 is 35.3 Å². The van der Waals surface area contributed by atoms with Crippen molar-refractivity contribution in [2.24, 2.45) is 16.6 Å². The van der Waals surface area contributed by atoms with Gasteiger partial charge < -0.3 is 11.1 Å². The normalized spacial score (nSPS) is 11.3. The van der Waals surface area contributed by atoms with E-state index in [-0.39, 0.29) is 24.0 Å². The van der Waals surface area contributed by atoms with Crippen LogP contribution in [-0.2, 0) is 6.54 Å². The van der Waals surface area contributed by atoms with Crippen molar-refractivity contribution in [2.75, 3.05) is 6.54 Å². The fraction of sp³-hybridized carbons (Fsp3) is 0.545. The molecule has 92 valence electrons. The van der Waals surface area contributed by atoms with Crippen LogP contribution < -0.4 is 11.1 Å². The van der Waals surface area contributed by atoms with Gasteiger partial charge in [0.25, 0.3) is 0 Å². The molecule has 1 aromatic rings. The highest BCUT2D eigenvalue weighted by molar-refractivity contribution is 14.0. The van der Waals surface area contributed by atoms with Crippen molar-refractivity contribution in [3.8, 4) is 0 Å². The minimum atomic E-state index is 0. The molecule has 0 saturated heterocycles. The standard InChI is InChI=1S/C11H19N3S.HI/c1-9(2)5-6-13-11(12)14-8-10-4-3-7-15-10;/h3-4,7,9H,5-6,8H2,1-2H3,(H3,12,13,14);1H. The predicted molar refractivity (Wildman–Crippen MR) is 82.5 cm³/mol. The van der Waals surface area contributed by atoms with E-state index in [1.165, 1.54) is 4.88 Å².